The van der Waals surface area contributed by atoms with Crippen LogP contribution in [0.1, 0.15) is 44.1 Å². The summed E-state index contributed by atoms with van der Waals surface area (Å²) in [6.45, 7) is 0.856. The summed E-state index contributed by atoms with van der Waals surface area (Å²) in [6, 6.07) is 8.37. The summed E-state index contributed by atoms with van der Waals surface area (Å²) in [5.41, 5.74) is 1.24. The summed E-state index contributed by atoms with van der Waals surface area (Å²) in [4.78, 5) is 0. The summed E-state index contributed by atoms with van der Waals surface area (Å²) in [7, 11) is 0. The van der Waals surface area contributed by atoms with Gasteiger partial charge in [0.15, 0.2) is 0 Å². The van der Waals surface area contributed by atoms with E-state index in [2.05, 4.69) is 46.3 Å². The minimum Gasteiger partial charge on any atom is -0.392 e. The molecule has 0 amide bonds. The van der Waals surface area contributed by atoms with E-state index in [1.807, 2.05) is 6.08 Å². The number of hydrogen-bond acceptors (Lipinski definition) is 2. The van der Waals surface area contributed by atoms with Crippen molar-refractivity contribution in [1.29, 1.82) is 0 Å². The molecule has 0 spiro atoms. The number of aliphatic hydroxyl groups excluding tert-OH is 1. The first-order chi connectivity index (χ1) is 10.3. The quantitative estimate of drug-likeness (QED) is 0.710. The van der Waals surface area contributed by atoms with E-state index in [0.717, 1.165) is 10.9 Å². The SMILES string of the molecule is OC/C=C/CC[C@H]1CCCC[C@@H]1OCc1ccc(Br)cc1. The lowest BCUT2D eigenvalue weighted by molar-refractivity contribution is -0.0233. The van der Waals surface area contributed by atoms with Crippen molar-refractivity contribution in [2.45, 2.75) is 51.2 Å². The summed E-state index contributed by atoms with van der Waals surface area (Å²) >= 11 is 3.46. The molecule has 3 heteroatoms. The molecule has 0 bridgehead atoms. The summed E-state index contributed by atoms with van der Waals surface area (Å²) in [5.74, 6) is 0.664. The van der Waals surface area contributed by atoms with Crippen molar-refractivity contribution in [1.82, 2.24) is 0 Å². The van der Waals surface area contributed by atoms with E-state index in [1.54, 1.807) is 0 Å². The molecule has 0 heterocycles. The predicted octanol–water partition coefficient (Wildman–Crippen LogP) is 4.85. The molecular weight excluding hydrogens is 328 g/mol. The molecule has 1 aromatic rings. The van der Waals surface area contributed by atoms with Crippen LogP contribution < -0.4 is 0 Å². The maximum Gasteiger partial charge on any atom is 0.0720 e. The average Bonchev–Trinajstić information content (AvgIpc) is 2.52. The second-order valence-corrected chi connectivity index (χ2v) is 6.67. The summed E-state index contributed by atoms with van der Waals surface area (Å²) in [6.07, 6.45) is 11.6. The third-order valence-electron chi connectivity index (χ3n) is 4.19. The van der Waals surface area contributed by atoms with Crippen molar-refractivity contribution in [2.24, 2.45) is 5.92 Å². The Kier molecular flexibility index (Phi) is 7.48. The van der Waals surface area contributed by atoms with E-state index >= 15 is 0 Å². The van der Waals surface area contributed by atoms with Gasteiger partial charge in [0.1, 0.15) is 0 Å². The second-order valence-electron chi connectivity index (χ2n) is 5.75. The van der Waals surface area contributed by atoms with E-state index in [1.165, 1.54) is 37.7 Å². The Morgan fingerprint density at radius 1 is 1.14 bits per heavy atom. The maximum absolute atomic E-state index is 8.77. The Balaban J connectivity index is 1.80. The number of ether oxygens (including phenoxy) is 1. The van der Waals surface area contributed by atoms with Gasteiger partial charge in [-0.1, -0.05) is 53.1 Å². The molecule has 1 aromatic carbocycles. The molecular formula is C18H25BrO2. The highest BCUT2D eigenvalue weighted by molar-refractivity contribution is 9.10. The minimum absolute atomic E-state index is 0.147. The lowest BCUT2D eigenvalue weighted by Gasteiger charge is -2.31. The van der Waals surface area contributed by atoms with Crippen molar-refractivity contribution >= 4 is 15.9 Å². The Labute approximate surface area is 136 Å². The minimum atomic E-state index is 0.147. The normalized spacial score (nSPS) is 22.8. The highest BCUT2D eigenvalue weighted by Crippen LogP contribution is 2.31. The van der Waals surface area contributed by atoms with E-state index in [-0.39, 0.29) is 6.61 Å². The van der Waals surface area contributed by atoms with Crippen LogP contribution >= 0.6 is 15.9 Å². The van der Waals surface area contributed by atoms with Gasteiger partial charge in [-0.25, -0.2) is 0 Å². The van der Waals surface area contributed by atoms with Gasteiger partial charge in [0, 0.05) is 4.47 Å². The monoisotopic (exact) mass is 352 g/mol. The average molecular weight is 353 g/mol. The van der Waals surface area contributed by atoms with Crippen molar-refractivity contribution < 1.29 is 9.84 Å². The molecule has 1 saturated carbocycles. The van der Waals surface area contributed by atoms with E-state index in [0.29, 0.717) is 18.6 Å². The van der Waals surface area contributed by atoms with Crippen molar-refractivity contribution in [2.75, 3.05) is 6.61 Å². The topological polar surface area (TPSA) is 29.5 Å². The maximum atomic E-state index is 8.77. The lowest BCUT2D eigenvalue weighted by Crippen LogP contribution is -2.27. The molecule has 21 heavy (non-hydrogen) atoms. The summed E-state index contributed by atoms with van der Waals surface area (Å²) < 4.78 is 7.30. The first-order valence-electron chi connectivity index (χ1n) is 7.91. The van der Waals surface area contributed by atoms with Crippen LogP contribution in [0.2, 0.25) is 0 Å². The van der Waals surface area contributed by atoms with Gasteiger partial charge in [0.2, 0.25) is 0 Å². The fraction of sp³-hybridized carbons (Fsp3) is 0.556. The van der Waals surface area contributed by atoms with Crippen molar-refractivity contribution in [3.05, 3.63) is 46.5 Å². The fourth-order valence-corrected chi connectivity index (χ4v) is 3.27. The number of halogens is 1. The number of aliphatic hydroxyl groups is 1. The van der Waals surface area contributed by atoms with Crippen LogP contribution in [-0.2, 0) is 11.3 Å². The van der Waals surface area contributed by atoms with Crippen LogP contribution in [0.5, 0.6) is 0 Å². The van der Waals surface area contributed by atoms with Crippen molar-refractivity contribution in [3.63, 3.8) is 0 Å². The van der Waals surface area contributed by atoms with Crippen LogP contribution in [0, 0.1) is 5.92 Å². The molecule has 2 nitrogen and oxygen atoms in total. The molecule has 1 aliphatic carbocycles. The van der Waals surface area contributed by atoms with Crippen LogP contribution in [0.15, 0.2) is 40.9 Å². The fourth-order valence-electron chi connectivity index (χ4n) is 3.01. The Morgan fingerprint density at radius 3 is 2.67 bits per heavy atom. The standard InChI is InChI=1S/C18H25BrO2/c19-17-11-9-15(10-12-17)14-21-18-8-4-3-7-16(18)6-2-1-5-13-20/h1,5,9-12,16,18,20H,2-4,6-8,13-14H2/b5-1+/t16-,18-/m0/s1. The number of rotatable bonds is 7. The van der Waals surface area contributed by atoms with Crippen LogP contribution in [0.3, 0.4) is 0 Å². The molecule has 0 unspecified atom stereocenters. The lowest BCUT2D eigenvalue weighted by atomic mass is 9.83. The molecule has 0 aliphatic heterocycles. The third kappa shape index (κ3) is 5.93. The number of benzene rings is 1. The van der Waals surface area contributed by atoms with Gasteiger partial charge in [-0.05, 0) is 49.3 Å². The van der Waals surface area contributed by atoms with E-state index in [4.69, 9.17) is 9.84 Å². The Bertz CT molecular complexity index is 427. The molecule has 1 fully saturated rings. The van der Waals surface area contributed by atoms with Gasteiger partial charge in [-0.15, -0.1) is 0 Å². The second kappa shape index (κ2) is 9.39. The van der Waals surface area contributed by atoms with Gasteiger partial charge in [0.25, 0.3) is 0 Å². The zero-order valence-electron chi connectivity index (χ0n) is 12.5. The van der Waals surface area contributed by atoms with Crippen molar-refractivity contribution in [3.8, 4) is 0 Å². The van der Waals surface area contributed by atoms with E-state index in [9.17, 15) is 0 Å². The zero-order valence-corrected chi connectivity index (χ0v) is 14.1. The molecule has 2 atom stereocenters. The molecule has 0 radical (unpaired) electrons. The highest BCUT2D eigenvalue weighted by Gasteiger charge is 2.25. The molecule has 2 rings (SSSR count). The predicted molar refractivity (Wildman–Crippen MR) is 90.1 cm³/mol. The highest BCUT2D eigenvalue weighted by atomic mass is 79.9. The zero-order chi connectivity index (χ0) is 14.9. The van der Waals surface area contributed by atoms with Gasteiger partial charge < -0.3 is 9.84 Å². The summed E-state index contributed by atoms with van der Waals surface area (Å²) in [5, 5.41) is 8.77. The van der Waals surface area contributed by atoms with Crippen LogP contribution in [0.4, 0.5) is 0 Å². The molecule has 1 aliphatic rings. The molecule has 1 N–H and O–H groups in total. The third-order valence-corrected chi connectivity index (χ3v) is 4.72. The largest absolute Gasteiger partial charge is 0.392 e. The van der Waals surface area contributed by atoms with Gasteiger partial charge >= 0.3 is 0 Å². The number of allylic oxidation sites excluding steroid dienone is 1. The Hall–Kier alpha value is -0.640. The first kappa shape index (κ1) is 16.7. The van der Waals surface area contributed by atoms with E-state index < -0.39 is 0 Å². The first-order valence-corrected chi connectivity index (χ1v) is 8.71. The number of hydrogen-bond donors (Lipinski definition) is 1. The van der Waals surface area contributed by atoms with Crippen LogP contribution in [-0.4, -0.2) is 17.8 Å². The molecule has 0 saturated heterocycles. The smallest absolute Gasteiger partial charge is 0.0720 e. The Morgan fingerprint density at radius 2 is 1.90 bits per heavy atom. The molecule has 0 aromatic heterocycles. The van der Waals surface area contributed by atoms with Crippen LogP contribution in [0.25, 0.3) is 0 Å². The van der Waals surface area contributed by atoms with Gasteiger partial charge in [-0.3, -0.25) is 0 Å². The molecule has 116 valence electrons. The van der Waals surface area contributed by atoms with Gasteiger partial charge in [0.05, 0.1) is 19.3 Å². The van der Waals surface area contributed by atoms with Gasteiger partial charge in [-0.2, -0.15) is 0 Å².